The van der Waals surface area contributed by atoms with Gasteiger partial charge in [-0.2, -0.15) is 0 Å². The fourth-order valence-electron chi connectivity index (χ4n) is 1.43. The van der Waals surface area contributed by atoms with Gasteiger partial charge in [0.25, 0.3) is 0 Å². The molecule has 13 heavy (non-hydrogen) atoms. The average molecular weight is 177 g/mol. The van der Waals surface area contributed by atoms with Crippen molar-refractivity contribution in [2.75, 3.05) is 0 Å². The van der Waals surface area contributed by atoms with Crippen molar-refractivity contribution in [1.82, 2.24) is 0 Å². The fraction of sp³-hybridized carbons (Fsp3) is 0.417. The van der Waals surface area contributed by atoms with Crippen LogP contribution in [0, 0.1) is 13.8 Å². The van der Waals surface area contributed by atoms with E-state index in [9.17, 15) is 5.11 Å². The van der Waals surface area contributed by atoms with Crippen molar-refractivity contribution < 1.29 is 5.11 Å². The molecule has 0 bridgehead atoms. The van der Waals surface area contributed by atoms with E-state index in [1.807, 2.05) is 19.1 Å². The molecule has 0 saturated carbocycles. The number of rotatable bonds is 0. The molecule has 1 N–H and O–H groups in total. The van der Waals surface area contributed by atoms with E-state index in [1.54, 1.807) is 0 Å². The number of aromatic hydroxyl groups is 1. The van der Waals surface area contributed by atoms with Gasteiger partial charge in [-0.25, -0.2) is 0 Å². The maximum Gasteiger partial charge on any atom is 0.122 e. The van der Waals surface area contributed by atoms with Crippen LogP contribution in [0.3, 0.4) is 0 Å². The van der Waals surface area contributed by atoms with Crippen LogP contribution in [0.4, 0.5) is 0 Å². The standard InChI is InChI=1S/C12H17O/c1-8-6-9(2)11(13)10(7-8)12(3,4)5/h6-7,13H,1H2,2-5H3. The number of benzene rings is 1. The predicted molar refractivity (Wildman–Crippen MR) is 56.0 cm³/mol. The van der Waals surface area contributed by atoms with Crippen LogP contribution in [0.5, 0.6) is 5.75 Å². The van der Waals surface area contributed by atoms with Gasteiger partial charge in [0.05, 0.1) is 0 Å². The molecule has 1 rings (SSSR count). The van der Waals surface area contributed by atoms with Gasteiger partial charge in [-0.05, 0) is 36.0 Å². The van der Waals surface area contributed by atoms with Crippen LogP contribution in [0.1, 0.15) is 37.5 Å². The highest BCUT2D eigenvalue weighted by Crippen LogP contribution is 2.33. The monoisotopic (exact) mass is 177 g/mol. The van der Waals surface area contributed by atoms with Crippen LogP contribution in [0.2, 0.25) is 0 Å². The molecule has 0 spiro atoms. The average Bonchev–Trinajstić information content (AvgIpc) is 1.94. The Balaban J connectivity index is 3.37. The summed E-state index contributed by atoms with van der Waals surface area (Å²) in [5.41, 5.74) is 2.80. The molecule has 1 heteroatoms. The van der Waals surface area contributed by atoms with Gasteiger partial charge in [0, 0.05) is 0 Å². The lowest BCUT2D eigenvalue weighted by Crippen LogP contribution is -2.12. The lowest BCUT2D eigenvalue weighted by atomic mass is 9.84. The smallest absolute Gasteiger partial charge is 0.122 e. The summed E-state index contributed by atoms with van der Waals surface area (Å²) in [6.07, 6.45) is 0. The number of aryl methyl sites for hydroxylation is 1. The Bertz CT molecular complexity index is 319. The Morgan fingerprint density at radius 3 is 2.23 bits per heavy atom. The second kappa shape index (κ2) is 3.06. The van der Waals surface area contributed by atoms with Crippen molar-refractivity contribution in [2.45, 2.75) is 33.1 Å². The molecule has 0 unspecified atom stereocenters. The summed E-state index contributed by atoms with van der Waals surface area (Å²) in [5.74, 6) is 0.403. The highest BCUT2D eigenvalue weighted by atomic mass is 16.3. The van der Waals surface area contributed by atoms with Crippen LogP contribution < -0.4 is 0 Å². The van der Waals surface area contributed by atoms with E-state index >= 15 is 0 Å². The lowest BCUT2D eigenvalue weighted by Gasteiger charge is -2.22. The second-order valence-corrected chi connectivity index (χ2v) is 4.56. The molecule has 0 aliphatic rings. The Morgan fingerprint density at radius 1 is 1.23 bits per heavy atom. The highest BCUT2D eigenvalue weighted by Gasteiger charge is 2.19. The third-order valence-electron chi connectivity index (χ3n) is 2.17. The maximum atomic E-state index is 9.83. The van der Waals surface area contributed by atoms with E-state index in [2.05, 4.69) is 27.7 Å². The molecule has 0 aliphatic heterocycles. The molecule has 0 saturated heterocycles. The molecule has 1 aromatic carbocycles. The SMILES string of the molecule is [CH2]c1cc(C)c(O)c(C(C)(C)C)c1. The van der Waals surface area contributed by atoms with Crippen LogP contribution in [0.25, 0.3) is 0 Å². The van der Waals surface area contributed by atoms with Crippen LogP contribution in [-0.2, 0) is 5.41 Å². The van der Waals surface area contributed by atoms with E-state index in [-0.39, 0.29) is 5.41 Å². The molecular weight excluding hydrogens is 160 g/mol. The fourth-order valence-corrected chi connectivity index (χ4v) is 1.43. The molecule has 1 aromatic rings. The largest absolute Gasteiger partial charge is 0.507 e. The topological polar surface area (TPSA) is 20.2 Å². The van der Waals surface area contributed by atoms with Crippen molar-refractivity contribution in [1.29, 1.82) is 0 Å². The first-order chi connectivity index (χ1) is 5.82. The molecule has 0 fully saturated rings. The van der Waals surface area contributed by atoms with Gasteiger partial charge in [0.1, 0.15) is 5.75 Å². The Hall–Kier alpha value is -0.980. The maximum absolute atomic E-state index is 9.83. The first kappa shape index (κ1) is 10.1. The van der Waals surface area contributed by atoms with Crippen molar-refractivity contribution >= 4 is 0 Å². The summed E-state index contributed by atoms with van der Waals surface area (Å²) in [5, 5.41) is 9.83. The molecule has 0 atom stereocenters. The summed E-state index contributed by atoms with van der Waals surface area (Å²) in [6.45, 7) is 12.0. The van der Waals surface area contributed by atoms with Crippen LogP contribution in [-0.4, -0.2) is 5.11 Å². The second-order valence-electron chi connectivity index (χ2n) is 4.56. The zero-order chi connectivity index (χ0) is 10.2. The first-order valence-electron chi connectivity index (χ1n) is 4.48. The Kier molecular flexibility index (Phi) is 2.38. The van der Waals surface area contributed by atoms with Crippen molar-refractivity contribution in [2.24, 2.45) is 0 Å². The third kappa shape index (κ3) is 2.03. The minimum absolute atomic E-state index is 0.0253. The van der Waals surface area contributed by atoms with Crippen LogP contribution in [0.15, 0.2) is 12.1 Å². The minimum Gasteiger partial charge on any atom is -0.507 e. The summed E-state index contributed by atoms with van der Waals surface area (Å²) in [7, 11) is 0. The highest BCUT2D eigenvalue weighted by molar-refractivity contribution is 5.46. The third-order valence-corrected chi connectivity index (χ3v) is 2.17. The molecule has 1 radical (unpaired) electrons. The van der Waals surface area contributed by atoms with Gasteiger partial charge in [-0.3, -0.25) is 0 Å². The van der Waals surface area contributed by atoms with E-state index in [0.717, 1.165) is 16.7 Å². The summed E-state index contributed by atoms with van der Waals surface area (Å²) >= 11 is 0. The Labute approximate surface area is 80.4 Å². The van der Waals surface area contributed by atoms with Gasteiger partial charge in [-0.15, -0.1) is 0 Å². The molecule has 0 aliphatic carbocycles. The van der Waals surface area contributed by atoms with Crippen molar-refractivity contribution in [3.63, 3.8) is 0 Å². The molecule has 0 heterocycles. The minimum atomic E-state index is -0.0253. The summed E-state index contributed by atoms with van der Waals surface area (Å²) < 4.78 is 0. The quantitative estimate of drug-likeness (QED) is 0.645. The van der Waals surface area contributed by atoms with E-state index < -0.39 is 0 Å². The van der Waals surface area contributed by atoms with Crippen molar-refractivity contribution in [3.8, 4) is 5.75 Å². The number of phenolic OH excluding ortho intramolecular Hbond substituents is 1. The van der Waals surface area contributed by atoms with Crippen LogP contribution >= 0.6 is 0 Å². The number of hydrogen-bond acceptors (Lipinski definition) is 1. The van der Waals surface area contributed by atoms with E-state index in [1.165, 1.54) is 0 Å². The summed E-state index contributed by atoms with van der Waals surface area (Å²) in [4.78, 5) is 0. The zero-order valence-electron chi connectivity index (χ0n) is 8.81. The zero-order valence-corrected chi connectivity index (χ0v) is 8.81. The first-order valence-corrected chi connectivity index (χ1v) is 4.48. The number of phenols is 1. The lowest BCUT2D eigenvalue weighted by molar-refractivity contribution is 0.442. The van der Waals surface area contributed by atoms with Crippen molar-refractivity contribution in [3.05, 3.63) is 35.7 Å². The predicted octanol–water partition coefficient (Wildman–Crippen LogP) is 3.18. The number of hydrogen-bond donors (Lipinski definition) is 1. The molecule has 1 nitrogen and oxygen atoms in total. The Morgan fingerprint density at radius 2 is 1.77 bits per heavy atom. The molecule has 71 valence electrons. The van der Waals surface area contributed by atoms with Gasteiger partial charge in [0.15, 0.2) is 0 Å². The van der Waals surface area contributed by atoms with Gasteiger partial charge in [-0.1, -0.05) is 32.9 Å². The summed E-state index contributed by atoms with van der Waals surface area (Å²) in [6, 6.07) is 3.84. The molecular formula is C12H17O. The van der Waals surface area contributed by atoms with E-state index in [0.29, 0.717) is 5.75 Å². The normalized spacial score (nSPS) is 11.8. The van der Waals surface area contributed by atoms with Gasteiger partial charge in [0.2, 0.25) is 0 Å². The molecule has 0 amide bonds. The van der Waals surface area contributed by atoms with Gasteiger partial charge >= 0.3 is 0 Å². The van der Waals surface area contributed by atoms with Gasteiger partial charge < -0.3 is 5.11 Å². The van der Waals surface area contributed by atoms with E-state index in [4.69, 9.17) is 0 Å². The molecule has 0 aromatic heterocycles.